The van der Waals surface area contributed by atoms with Crippen molar-refractivity contribution in [3.8, 4) is 0 Å². The predicted molar refractivity (Wildman–Crippen MR) is 72.1 cm³/mol. The lowest BCUT2D eigenvalue weighted by molar-refractivity contribution is -0.141. The largest absolute Gasteiger partial charge is 0.480 e. The quantitative estimate of drug-likeness (QED) is 0.762. The van der Waals surface area contributed by atoms with Crippen molar-refractivity contribution in [2.75, 3.05) is 23.8 Å². The molecule has 104 valence electrons. The summed E-state index contributed by atoms with van der Waals surface area (Å²) in [7, 11) is -0.926. The zero-order valence-electron chi connectivity index (χ0n) is 10.4. The van der Waals surface area contributed by atoms with Gasteiger partial charge >= 0.3 is 12.0 Å². The molecule has 3 unspecified atom stereocenters. The molecule has 0 aromatic carbocycles. The van der Waals surface area contributed by atoms with Crippen LogP contribution in [0.3, 0.4) is 0 Å². The van der Waals surface area contributed by atoms with Gasteiger partial charge < -0.3 is 10.4 Å². The summed E-state index contributed by atoms with van der Waals surface area (Å²) in [6.07, 6.45) is 0. The topological polar surface area (TPSA) is 86.7 Å². The Balaban J connectivity index is 2.49. The van der Waals surface area contributed by atoms with Gasteiger partial charge in [0.2, 0.25) is 0 Å². The maximum absolute atomic E-state index is 11.9. The number of nitrogens with zero attached hydrogens (tertiary/aromatic N) is 1. The van der Waals surface area contributed by atoms with Gasteiger partial charge in [-0.25, -0.2) is 9.59 Å². The fourth-order valence-corrected chi connectivity index (χ4v) is 3.43. The van der Waals surface area contributed by atoms with Crippen molar-refractivity contribution in [2.24, 2.45) is 0 Å². The molecule has 0 spiro atoms. The van der Waals surface area contributed by atoms with Crippen molar-refractivity contribution in [2.45, 2.75) is 25.3 Å². The van der Waals surface area contributed by atoms with Crippen LogP contribution in [-0.4, -0.2) is 61.4 Å². The van der Waals surface area contributed by atoms with Crippen molar-refractivity contribution in [3.05, 3.63) is 0 Å². The van der Waals surface area contributed by atoms with Crippen molar-refractivity contribution < 1.29 is 18.9 Å². The fourth-order valence-electron chi connectivity index (χ4n) is 1.65. The highest BCUT2D eigenvalue weighted by molar-refractivity contribution is 8.00. The van der Waals surface area contributed by atoms with Crippen LogP contribution in [0.1, 0.15) is 13.8 Å². The van der Waals surface area contributed by atoms with Gasteiger partial charge in [0.25, 0.3) is 0 Å². The van der Waals surface area contributed by atoms with E-state index in [2.05, 4.69) is 5.32 Å². The van der Waals surface area contributed by atoms with Crippen molar-refractivity contribution >= 4 is 34.6 Å². The van der Waals surface area contributed by atoms with Gasteiger partial charge in [-0.2, -0.15) is 0 Å². The number of hydrogen-bond donors (Lipinski definition) is 2. The molecule has 1 fully saturated rings. The van der Waals surface area contributed by atoms with Gasteiger partial charge in [0.05, 0.1) is 5.37 Å². The summed E-state index contributed by atoms with van der Waals surface area (Å²) in [5.74, 6) is 0.378. The summed E-state index contributed by atoms with van der Waals surface area (Å²) in [6, 6.07) is -1.17. The minimum atomic E-state index is -0.987. The molecule has 1 heterocycles. The summed E-state index contributed by atoms with van der Waals surface area (Å²) >= 11 is 1.44. The molecule has 6 nitrogen and oxygen atoms in total. The molecular formula is C10H18N2O4S2. The van der Waals surface area contributed by atoms with E-state index in [1.165, 1.54) is 16.7 Å². The van der Waals surface area contributed by atoms with Crippen molar-refractivity contribution in [1.29, 1.82) is 0 Å². The first-order valence-corrected chi connectivity index (χ1v) is 8.26. The number of carbonyl (C=O) groups is 2. The smallest absolute Gasteiger partial charge is 0.327 e. The van der Waals surface area contributed by atoms with Crippen molar-refractivity contribution in [3.63, 3.8) is 0 Å². The first-order chi connectivity index (χ1) is 8.47. The fraction of sp³-hybridized carbons (Fsp3) is 0.800. The van der Waals surface area contributed by atoms with E-state index in [0.717, 1.165) is 0 Å². The summed E-state index contributed by atoms with van der Waals surface area (Å²) in [5, 5.41) is 11.5. The summed E-state index contributed by atoms with van der Waals surface area (Å²) in [6.45, 7) is 3.93. The Hall–Kier alpha value is -0.760. The van der Waals surface area contributed by atoms with Crippen molar-refractivity contribution in [1.82, 2.24) is 10.2 Å². The molecule has 2 amide bonds. The van der Waals surface area contributed by atoms with Gasteiger partial charge in [-0.3, -0.25) is 9.11 Å². The van der Waals surface area contributed by atoms with E-state index in [-0.39, 0.29) is 5.37 Å². The summed E-state index contributed by atoms with van der Waals surface area (Å²) in [4.78, 5) is 24.2. The monoisotopic (exact) mass is 294 g/mol. The molecule has 0 aliphatic carbocycles. The zero-order valence-corrected chi connectivity index (χ0v) is 12.1. The Morgan fingerprint density at radius 3 is 2.78 bits per heavy atom. The second-order valence-corrected chi connectivity index (χ2v) is 7.07. The second kappa shape index (κ2) is 6.98. The number of urea groups is 1. The average molecular weight is 294 g/mol. The van der Waals surface area contributed by atoms with Gasteiger partial charge in [-0.05, 0) is 6.92 Å². The van der Waals surface area contributed by atoms with E-state index in [9.17, 15) is 13.8 Å². The minimum absolute atomic E-state index is 0.150. The average Bonchev–Trinajstić information content (AvgIpc) is 2.70. The van der Waals surface area contributed by atoms with Crippen LogP contribution in [0.15, 0.2) is 0 Å². The molecule has 0 aromatic heterocycles. The third kappa shape index (κ3) is 3.88. The predicted octanol–water partition coefficient (Wildman–Crippen LogP) is 0.313. The van der Waals surface area contributed by atoms with Crippen LogP contribution < -0.4 is 5.32 Å². The molecule has 1 rings (SSSR count). The van der Waals surface area contributed by atoms with E-state index in [4.69, 9.17) is 5.11 Å². The lowest BCUT2D eigenvalue weighted by atomic mass is 10.3. The molecule has 1 aliphatic rings. The van der Waals surface area contributed by atoms with E-state index in [1.807, 2.05) is 6.92 Å². The van der Waals surface area contributed by atoms with E-state index >= 15 is 0 Å². The van der Waals surface area contributed by atoms with Crippen LogP contribution in [0.2, 0.25) is 0 Å². The number of carboxylic acids is 1. The van der Waals surface area contributed by atoms with Crippen LogP contribution in [0, 0.1) is 0 Å². The molecule has 0 radical (unpaired) electrons. The van der Waals surface area contributed by atoms with Crippen LogP contribution in [0.5, 0.6) is 0 Å². The molecule has 0 saturated carbocycles. The van der Waals surface area contributed by atoms with Gasteiger partial charge in [-0.1, -0.05) is 6.92 Å². The maximum atomic E-state index is 11.9. The van der Waals surface area contributed by atoms with E-state index in [1.54, 1.807) is 6.92 Å². The second-order valence-electron chi connectivity index (χ2n) is 3.86. The number of carbonyl (C=O) groups excluding carboxylic acids is 1. The zero-order chi connectivity index (χ0) is 13.7. The van der Waals surface area contributed by atoms with Gasteiger partial charge in [0, 0.05) is 34.6 Å². The molecule has 3 atom stereocenters. The number of hydrogen-bond acceptors (Lipinski definition) is 4. The highest BCUT2D eigenvalue weighted by atomic mass is 32.2. The molecule has 0 aromatic rings. The molecular weight excluding hydrogens is 276 g/mol. The highest BCUT2D eigenvalue weighted by Gasteiger charge is 2.39. The Morgan fingerprint density at radius 2 is 2.22 bits per heavy atom. The molecule has 0 bridgehead atoms. The summed E-state index contributed by atoms with van der Waals surface area (Å²) < 4.78 is 11.2. The Morgan fingerprint density at radius 1 is 1.56 bits per heavy atom. The highest BCUT2D eigenvalue weighted by Crippen LogP contribution is 2.28. The van der Waals surface area contributed by atoms with Crippen LogP contribution in [-0.2, 0) is 15.6 Å². The Kier molecular flexibility index (Phi) is 5.94. The number of carboxylic acid groups (broad SMARTS) is 1. The van der Waals surface area contributed by atoms with Crippen LogP contribution in [0.4, 0.5) is 4.79 Å². The molecule has 8 heteroatoms. The van der Waals surface area contributed by atoms with Gasteiger partial charge in [-0.15, -0.1) is 11.8 Å². The SMILES string of the molecule is CCS(=O)CCNC(=O)N1C(C)SCC1C(=O)O. The molecule has 2 N–H and O–H groups in total. The standard InChI is InChI=1S/C10H18N2O4S2/c1-3-18(16)5-4-11-10(15)12-7(2)17-6-8(12)9(13)14/h7-8H,3-6H2,1-2H3,(H,11,15)(H,13,14). The third-order valence-electron chi connectivity index (χ3n) is 2.67. The number of rotatable bonds is 5. The molecule has 1 saturated heterocycles. The molecule has 1 aliphatic heterocycles. The van der Waals surface area contributed by atoms with E-state index in [0.29, 0.717) is 23.8 Å². The number of thioether (sulfide) groups is 1. The Labute approximate surface area is 113 Å². The number of nitrogens with one attached hydrogen (secondary N) is 1. The first-order valence-electron chi connectivity index (χ1n) is 5.73. The van der Waals surface area contributed by atoms with Crippen LogP contribution >= 0.6 is 11.8 Å². The maximum Gasteiger partial charge on any atom is 0.327 e. The number of aliphatic carboxylic acids is 1. The van der Waals surface area contributed by atoms with Gasteiger partial charge in [0.1, 0.15) is 6.04 Å². The molecule has 18 heavy (non-hydrogen) atoms. The lowest BCUT2D eigenvalue weighted by Gasteiger charge is -2.25. The Bertz CT molecular complexity index is 351. The first kappa shape index (κ1) is 15.3. The summed E-state index contributed by atoms with van der Waals surface area (Å²) in [5.41, 5.74) is 0. The van der Waals surface area contributed by atoms with Gasteiger partial charge in [0.15, 0.2) is 0 Å². The normalized spacial score (nSPS) is 24.9. The lowest BCUT2D eigenvalue weighted by Crippen LogP contribution is -2.50. The number of amides is 2. The van der Waals surface area contributed by atoms with Crippen LogP contribution in [0.25, 0.3) is 0 Å². The van der Waals surface area contributed by atoms with E-state index < -0.39 is 28.8 Å². The minimum Gasteiger partial charge on any atom is -0.480 e. The third-order valence-corrected chi connectivity index (χ3v) is 5.19.